The molecule has 0 aliphatic rings. The molecule has 0 saturated carbocycles. The van der Waals surface area contributed by atoms with E-state index in [1.807, 2.05) is 30.5 Å². The fourth-order valence-corrected chi connectivity index (χ4v) is 2.76. The molecule has 21 heavy (non-hydrogen) atoms. The first-order valence-corrected chi connectivity index (χ1v) is 7.97. The van der Waals surface area contributed by atoms with Gasteiger partial charge < -0.3 is 10.1 Å². The van der Waals surface area contributed by atoms with E-state index in [1.165, 1.54) is 11.3 Å². The summed E-state index contributed by atoms with van der Waals surface area (Å²) in [7, 11) is 1.62. The van der Waals surface area contributed by atoms with Gasteiger partial charge in [0.25, 0.3) is 5.91 Å². The van der Waals surface area contributed by atoms with Crippen molar-refractivity contribution in [3.05, 3.63) is 40.9 Å². The monoisotopic (exact) mass is 324 g/mol. The lowest BCUT2D eigenvalue weighted by molar-refractivity contribution is 0.0870. The SMILES string of the molecule is COC(C)CNC(=O)c1cccc(-c2nc(CCl)cs2)c1. The molecule has 0 saturated heterocycles. The highest BCUT2D eigenvalue weighted by molar-refractivity contribution is 7.13. The van der Waals surface area contributed by atoms with E-state index < -0.39 is 0 Å². The van der Waals surface area contributed by atoms with Gasteiger partial charge in [0.15, 0.2) is 0 Å². The third-order valence-electron chi connectivity index (χ3n) is 3.01. The minimum absolute atomic E-state index is 0.0117. The number of aromatic nitrogens is 1. The minimum Gasteiger partial charge on any atom is -0.380 e. The van der Waals surface area contributed by atoms with Gasteiger partial charge in [0.05, 0.1) is 17.7 Å². The second kappa shape index (κ2) is 7.54. The van der Waals surface area contributed by atoms with Gasteiger partial charge in [-0.15, -0.1) is 22.9 Å². The molecule has 1 amide bonds. The largest absolute Gasteiger partial charge is 0.380 e. The average Bonchev–Trinajstić information content (AvgIpc) is 3.01. The Labute approximate surface area is 133 Å². The first-order valence-electron chi connectivity index (χ1n) is 6.56. The number of nitrogens with one attached hydrogen (secondary N) is 1. The van der Waals surface area contributed by atoms with Crippen molar-refractivity contribution in [1.29, 1.82) is 0 Å². The predicted molar refractivity (Wildman–Crippen MR) is 85.9 cm³/mol. The van der Waals surface area contributed by atoms with Gasteiger partial charge in [-0.1, -0.05) is 12.1 Å². The number of hydrogen-bond acceptors (Lipinski definition) is 4. The standard InChI is InChI=1S/C15H17ClN2O2S/c1-10(20-2)8-17-14(19)11-4-3-5-12(6-11)15-18-13(7-16)9-21-15/h3-6,9-10H,7-8H2,1-2H3,(H,17,19). The molecule has 1 unspecified atom stereocenters. The van der Waals surface area contributed by atoms with Crippen molar-refractivity contribution in [1.82, 2.24) is 10.3 Å². The highest BCUT2D eigenvalue weighted by Crippen LogP contribution is 2.25. The number of methoxy groups -OCH3 is 1. The van der Waals surface area contributed by atoms with Gasteiger partial charge in [0.1, 0.15) is 5.01 Å². The third-order valence-corrected chi connectivity index (χ3v) is 4.23. The molecule has 0 aliphatic heterocycles. The molecule has 1 aromatic heterocycles. The van der Waals surface area contributed by atoms with Crippen LogP contribution < -0.4 is 5.32 Å². The molecule has 0 radical (unpaired) electrons. The second-order valence-corrected chi connectivity index (χ2v) is 5.74. The van der Waals surface area contributed by atoms with Crippen molar-refractivity contribution in [2.45, 2.75) is 18.9 Å². The topological polar surface area (TPSA) is 51.2 Å². The third kappa shape index (κ3) is 4.27. The maximum atomic E-state index is 12.1. The first-order chi connectivity index (χ1) is 10.1. The summed E-state index contributed by atoms with van der Waals surface area (Å²) in [6, 6.07) is 7.41. The molecule has 0 spiro atoms. The molecule has 1 N–H and O–H groups in total. The summed E-state index contributed by atoms with van der Waals surface area (Å²) in [6.07, 6.45) is -0.0117. The van der Waals surface area contributed by atoms with Crippen molar-refractivity contribution in [3.8, 4) is 10.6 Å². The molecule has 2 aromatic rings. The molecular weight excluding hydrogens is 308 g/mol. The lowest BCUT2D eigenvalue weighted by atomic mass is 10.1. The van der Waals surface area contributed by atoms with Crippen LogP contribution in [0.15, 0.2) is 29.6 Å². The number of hydrogen-bond donors (Lipinski definition) is 1. The van der Waals surface area contributed by atoms with Crippen molar-refractivity contribution < 1.29 is 9.53 Å². The molecule has 4 nitrogen and oxygen atoms in total. The molecule has 112 valence electrons. The Morgan fingerprint density at radius 2 is 2.33 bits per heavy atom. The van der Waals surface area contributed by atoms with Gasteiger partial charge in [-0.25, -0.2) is 4.98 Å². The highest BCUT2D eigenvalue weighted by atomic mass is 35.5. The van der Waals surface area contributed by atoms with Crippen molar-refractivity contribution >= 4 is 28.8 Å². The number of rotatable bonds is 6. The Bertz CT molecular complexity index is 615. The molecule has 2 rings (SSSR count). The molecule has 1 aromatic carbocycles. The van der Waals surface area contributed by atoms with Gasteiger partial charge in [0.2, 0.25) is 0 Å². The highest BCUT2D eigenvalue weighted by Gasteiger charge is 2.10. The van der Waals surface area contributed by atoms with Gasteiger partial charge in [-0.2, -0.15) is 0 Å². The number of amides is 1. The van der Waals surface area contributed by atoms with Crippen LogP contribution in [0.4, 0.5) is 0 Å². The second-order valence-electron chi connectivity index (χ2n) is 4.61. The van der Waals surface area contributed by atoms with E-state index in [9.17, 15) is 4.79 Å². The van der Waals surface area contributed by atoms with Crippen LogP contribution in [0.1, 0.15) is 23.0 Å². The molecule has 0 aliphatic carbocycles. The summed E-state index contributed by atoms with van der Waals surface area (Å²) in [5.74, 6) is 0.279. The Hall–Kier alpha value is -1.43. The molecule has 0 bridgehead atoms. The number of alkyl halides is 1. The summed E-state index contributed by atoms with van der Waals surface area (Å²) in [4.78, 5) is 16.5. The van der Waals surface area contributed by atoms with Crippen LogP contribution in [0.2, 0.25) is 0 Å². The van der Waals surface area contributed by atoms with Gasteiger partial charge in [-0.3, -0.25) is 4.79 Å². The quantitative estimate of drug-likeness (QED) is 0.829. The molecule has 6 heteroatoms. The number of nitrogens with zero attached hydrogens (tertiary/aromatic N) is 1. The number of halogens is 1. The van der Waals surface area contributed by atoms with Crippen LogP contribution in [-0.4, -0.2) is 30.6 Å². The van der Waals surface area contributed by atoms with E-state index >= 15 is 0 Å². The molecular formula is C15H17ClN2O2S. The lowest BCUT2D eigenvalue weighted by Gasteiger charge is -2.11. The van der Waals surface area contributed by atoms with E-state index in [0.717, 1.165) is 16.3 Å². The van der Waals surface area contributed by atoms with Crippen LogP contribution in [-0.2, 0) is 10.6 Å². The molecule has 0 fully saturated rings. The van der Waals surface area contributed by atoms with Crippen molar-refractivity contribution in [2.24, 2.45) is 0 Å². The summed E-state index contributed by atoms with van der Waals surface area (Å²) >= 11 is 7.28. The fourth-order valence-electron chi connectivity index (χ4n) is 1.72. The number of carbonyl (C=O) groups is 1. The fraction of sp³-hybridized carbons (Fsp3) is 0.333. The Morgan fingerprint density at radius 3 is 3.00 bits per heavy atom. The van der Waals surface area contributed by atoms with E-state index in [2.05, 4.69) is 10.3 Å². The Morgan fingerprint density at radius 1 is 1.52 bits per heavy atom. The zero-order chi connectivity index (χ0) is 15.2. The van der Waals surface area contributed by atoms with Crippen molar-refractivity contribution in [3.63, 3.8) is 0 Å². The van der Waals surface area contributed by atoms with Gasteiger partial charge in [-0.05, 0) is 19.1 Å². The lowest BCUT2D eigenvalue weighted by Crippen LogP contribution is -2.31. The number of benzene rings is 1. The smallest absolute Gasteiger partial charge is 0.251 e. The number of thiazole rings is 1. The van der Waals surface area contributed by atoms with Crippen LogP contribution in [0.3, 0.4) is 0 Å². The first kappa shape index (κ1) is 15.9. The normalized spacial score (nSPS) is 12.1. The number of ether oxygens (including phenoxy) is 1. The average molecular weight is 325 g/mol. The summed E-state index contributed by atoms with van der Waals surface area (Å²) in [5, 5.41) is 5.63. The van der Waals surface area contributed by atoms with Gasteiger partial charge in [0, 0.05) is 30.2 Å². The van der Waals surface area contributed by atoms with E-state index in [-0.39, 0.29) is 12.0 Å². The maximum absolute atomic E-state index is 12.1. The minimum atomic E-state index is -0.116. The Kier molecular flexibility index (Phi) is 5.73. The van der Waals surface area contributed by atoms with Crippen LogP contribution in [0.25, 0.3) is 10.6 Å². The summed E-state index contributed by atoms with van der Waals surface area (Å²) in [6.45, 7) is 2.38. The van der Waals surface area contributed by atoms with Crippen LogP contribution >= 0.6 is 22.9 Å². The zero-order valence-corrected chi connectivity index (χ0v) is 13.5. The summed E-state index contributed by atoms with van der Waals surface area (Å²) in [5.41, 5.74) is 2.38. The molecule has 1 heterocycles. The molecule has 1 atom stereocenters. The predicted octanol–water partition coefficient (Wildman–Crippen LogP) is 3.31. The number of carbonyl (C=O) groups excluding carboxylic acids is 1. The van der Waals surface area contributed by atoms with Gasteiger partial charge >= 0.3 is 0 Å². The zero-order valence-electron chi connectivity index (χ0n) is 11.9. The maximum Gasteiger partial charge on any atom is 0.251 e. The van der Waals surface area contributed by atoms with Crippen molar-refractivity contribution in [2.75, 3.05) is 13.7 Å². The van der Waals surface area contributed by atoms with E-state index in [4.69, 9.17) is 16.3 Å². The van der Waals surface area contributed by atoms with E-state index in [0.29, 0.717) is 18.0 Å². The van der Waals surface area contributed by atoms with E-state index in [1.54, 1.807) is 13.2 Å². The Balaban J connectivity index is 2.11. The van der Waals surface area contributed by atoms with Crippen LogP contribution in [0.5, 0.6) is 0 Å². The van der Waals surface area contributed by atoms with Crippen LogP contribution in [0, 0.1) is 0 Å². The summed E-state index contributed by atoms with van der Waals surface area (Å²) < 4.78 is 5.11.